The smallest absolute Gasteiger partial charge is 0.226 e. The van der Waals surface area contributed by atoms with Crippen molar-refractivity contribution in [1.82, 2.24) is 25.1 Å². The van der Waals surface area contributed by atoms with Crippen LogP contribution in [-0.4, -0.2) is 31.1 Å². The summed E-state index contributed by atoms with van der Waals surface area (Å²) < 4.78 is 13.5. The number of aromatic amines is 2. The normalized spacial score (nSPS) is 11.9. The molecule has 0 saturated heterocycles. The molecule has 0 atom stereocenters. The van der Waals surface area contributed by atoms with Crippen molar-refractivity contribution in [3.05, 3.63) is 89.8 Å². The van der Waals surface area contributed by atoms with Crippen LogP contribution < -0.4 is 5.32 Å². The number of benzene rings is 2. The number of hydrogen-bond donors (Lipinski definition) is 3. The van der Waals surface area contributed by atoms with E-state index in [1.165, 1.54) is 12.1 Å². The summed E-state index contributed by atoms with van der Waals surface area (Å²) in [5.41, 5.74) is 7.49. The number of amides is 1. The average Bonchev–Trinajstić information content (AvgIpc) is 3.48. The van der Waals surface area contributed by atoms with Crippen LogP contribution in [0.2, 0.25) is 0 Å². The summed E-state index contributed by atoms with van der Waals surface area (Å²) in [6.07, 6.45) is 5.37. The Balaban J connectivity index is 1.52. The van der Waals surface area contributed by atoms with Crippen LogP contribution in [0.4, 0.5) is 10.1 Å². The molecule has 0 fully saturated rings. The number of H-pyrrole nitrogens is 2. The van der Waals surface area contributed by atoms with Crippen LogP contribution >= 0.6 is 0 Å². The number of pyridine rings is 1. The molecule has 3 heterocycles. The Morgan fingerprint density at radius 1 is 1.05 bits per heavy atom. The second-order valence-electron chi connectivity index (χ2n) is 9.21. The van der Waals surface area contributed by atoms with Gasteiger partial charge in [0.2, 0.25) is 5.91 Å². The molecule has 186 valence electrons. The molecule has 0 saturated carbocycles. The quantitative estimate of drug-likeness (QED) is 0.251. The van der Waals surface area contributed by atoms with E-state index >= 15 is 0 Å². The number of imidazole rings is 1. The first-order chi connectivity index (χ1) is 17.8. The zero-order valence-electron chi connectivity index (χ0n) is 21.1. The summed E-state index contributed by atoms with van der Waals surface area (Å²) in [6.45, 7) is 7.60. The molecule has 0 bridgehead atoms. The Kier molecular flexibility index (Phi) is 6.40. The van der Waals surface area contributed by atoms with E-state index in [9.17, 15) is 9.18 Å². The van der Waals surface area contributed by atoms with Crippen LogP contribution in [0.15, 0.2) is 67.0 Å². The molecule has 0 radical (unpaired) electrons. The lowest BCUT2D eigenvalue weighted by molar-refractivity contribution is -0.118. The highest BCUT2D eigenvalue weighted by Gasteiger charge is 2.18. The molecule has 3 aromatic heterocycles. The lowest BCUT2D eigenvalue weighted by atomic mass is 10.0. The van der Waals surface area contributed by atoms with Crippen molar-refractivity contribution in [1.29, 1.82) is 0 Å². The third kappa shape index (κ3) is 4.78. The lowest BCUT2D eigenvalue weighted by Gasteiger charge is -2.09. The molecular formula is C29H27FN6O. The van der Waals surface area contributed by atoms with Gasteiger partial charge in [0.25, 0.3) is 0 Å². The molecule has 2 aromatic carbocycles. The van der Waals surface area contributed by atoms with Crippen molar-refractivity contribution in [2.45, 2.75) is 27.7 Å². The number of hydrogen-bond acceptors (Lipinski definition) is 4. The first-order valence-corrected chi connectivity index (χ1v) is 12.1. The van der Waals surface area contributed by atoms with E-state index in [4.69, 9.17) is 4.98 Å². The van der Waals surface area contributed by atoms with Gasteiger partial charge in [0.15, 0.2) is 5.82 Å². The highest BCUT2D eigenvalue weighted by atomic mass is 19.1. The molecule has 5 aromatic rings. The third-order valence-electron chi connectivity index (χ3n) is 6.23. The summed E-state index contributed by atoms with van der Waals surface area (Å²) in [4.78, 5) is 24.7. The zero-order chi connectivity index (χ0) is 26.1. The third-order valence-corrected chi connectivity index (χ3v) is 6.23. The Hall–Kier alpha value is -4.59. The van der Waals surface area contributed by atoms with Crippen molar-refractivity contribution in [3.63, 3.8) is 0 Å². The van der Waals surface area contributed by atoms with Gasteiger partial charge in [-0.2, -0.15) is 5.10 Å². The minimum absolute atomic E-state index is 0.0587. The Morgan fingerprint density at radius 2 is 1.84 bits per heavy atom. The zero-order valence-corrected chi connectivity index (χ0v) is 21.1. The number of fused-ring (bicyclic) bond motifs is 1. The number of aryl methyl sites for hydroxylation is 1. The number of rotatable bonds is 6. The van der Waals surface area contributed by atoms with Gasteiger partial charge in [-0.05, 0) is 55.3 Å². The summed E-state index contributed by atoms with van der Waals surface area (Å²) >= 11 is 0. The van der Waals surface area contributed by atoms with Gasteiger partial charge in [-0.1, -0.05) is 38.1 Å². The fourth-order valence-electron chi connectivity index (χ4n) is 4.23. The van der Waals surface area contributed by atoms with Crippen LogP contribution in [0.3, 0.4) is 0 Å². The molecule has 1 amide bonds. The Labute approximate surface area is 213 Å². The van der Waals surface area contributed by atoms with Gasteiger partial charge in [-0.15, -0.1) is 0 Å². The highest BCUT2D eigenvalue weighted by molar-refractivity contribution is 5.96. The number of allylic oxidation sites excluding steroid dienone is 1. The number of anilines is 1. The van der Waals surface area contributed by atoms with Crippen molar-refractivity contribution >= 4 is 28.1 Å². The van der Waals surface area contributed by atoms with E-state index in [1.807, 2.05) is 58.0 Å². The summed E-state index contributed by atoms with van der Waals surface area (Å²) in [6, 6.07) is 14.3. The second kappa shape index (κ2) is 9.81. The molecule has 3 N–H and O–H groups in total. The van der Waals surface area contributed by atoms with E-state index in [-0.39, 0.29) is 17.6 Å². The van der Waals surface area contributed by atoms with Crippen molar-refractivity contribution in [2.24, 2.45) is 5.92 Å². The van der Waals surface area contributed by atoms with E-state index in [0.717, 1.165) is 44.6 Å². The lowest BCUT2D eigenvalue weighted by Crippen LogP contribution is -2.17. The van der Waals surface area contributed by atoms with Crippen molar-refractivity contribution in [2.75, 3.05) is 5.32 Å². The molecular weight excluding hydrogens is 467 g/mol. The number of carbonyl (C=O) groups excluding carboxylic acids is 1. The van der Waals surface area contributed by atoms with Crippen LogP contribution in [0.25, 0.3) is 39.1 Å². The summed E-state index contributed by atoms with van der Waals surface area (Å²) in [5, 5.41) is 11.4. The summed E-state index contributed by atoms with van der Waals surface area (Å²) in [5.74, 6) is 0.173. The number of nitrogens with zero attached hydrogens (tertiary/aromatic N) is 3. The number of aromatic nitrogens is 5. The maximum Gasteiger partial charge on any atom is 0.226 e. The van der Waals surface area contributed by atoms with E-state index in [2.05, 4.69) is 25.5 Å². The second-order valence-corrected chi connectivity index (χ2v) is 9.21. The SMILES string of the molecule is C/C=C(/c1ccc(F)cc1)c1nc(-c2n[nH]c3ccc(-c4cncc(NC(=O)C(C)C)c4)cc23)[nH]c1C. The molecule has 8 heteroatoms. The van der Waals surface area contributed by atoms with Crippen LogP contribution in [0.5, 0.6) is 0 Å². The molecule has 0 unspecified atom stereocenters. The first kappa shape index (κ1) is 24.1. The van der Waals surface area contributed by atoms with Crippen molar-refractivity contribution in [3.8, 4) is 22.6 Å². The number of nitrogens with one attached hydrogen (secondary N) is 3. The van der Waals surface area contributed by atoms with Crippen LogP contribution in [0.1, 0.15) is 37.7 Å². The maximum atomic E-state index is 13.5. The van der Waals surface area contributed by atoms with Gasteiger partial charge < -0.3 is 10.3 Å². The maximum absolute atomic E-state index is 13.5. The fraction of sp³-hybridized carbons (Fsp3) is 0.172. The molecule has 5 rings (SSSR count). The van der Waals surface area contributed by atoms with E-state index in [0.29, 0.717) is 17.2 Å². The van der Waals surface area contributed by atoms with Gasteiger partial charge in [-0.3, -0.25) is 14.9 Å². The molecule has 0 aliphatic heterocycles. The standard InChI is InChI=1S/C29H27FN6O/c1-5-23(18-6-9-21(30)10-7-18)26-17(4)32-28(34-26)27-24-13-19(8-11-25(24)35-36-27)20-12-22(15-31-14-20)33-29(37)16(2)3/h5-16H,1-4H3,(H,32,34)(H,33,37)(H,35,36)/b23-5-. The predicted octanol–water partition coefficient (Wildman–Crippen LogP) is 6.51. The van der Waals surface area contributed by atoms with Gasteiger partial charge in [0, 0.05) is 34.3 Å². The Bertz CT molecular complexity index is 1630. The number of carbonyl (C=O) groups is 1. The predicted molar refractivity (Wildman–Crippen MR) is 144 cm³/mol. The largest absolute Gasteiger partial charge is 0.340 e. The Morgan fingerprint density at radius 3 is 2.57 bits per heavy atom. The monoisotopic (exact) mass is 494 g/mol. The summed E-state index contributed by atoms with van der Waals surface area (Å²) in [7, 11) is 0. The van der Waals surface area contributed by atoms with Gasteiger partial charge in [0.05, 0.1) is 23.1 Å². The molecule has 0 aliphatic rings. The molecule has 0 spiro atoms. The van der Waals surface area contributed by atoms with Crippen LogP contribution in [-0.2, 0) is 4.79 Å². The minimum atomic E-state index is -0.277. The molecule has 0 aliphatic carbocycles. The first-order valence-electron chi connectivity index (χ1n) is 12.1. The highest BCUT2D eigenvalue weighted by Crippen LogP contribution is 2.32. The number of halogens is 1. The van der Waals surface area contributed by atoms with Gasteiger partial charge >= 0.3 is 0 Å². The molecule has 7 nitrogen and oxygen atoms in total. The minimum Gasteiger partial charge on any atom is -0.340 e. The van der Waals surface area contributed by atoms with Crippen LogP contribution in [0, 0.1) is 18.7 Å². The van der Waals surface area contributed by atoms with E-state index < -0.39 is 0 Å². The topological polar surface area (TPSA) is 99.3 Å². The fourth-order valence-corrected chi connectivity index (χ4v) is 4.23. The molecule has 37 heavy (non-hydrogen) atoms. The van der Waals surface area contributed by atoms with E-state index in [1.54, 1.807) is 24.5 Å². The average molecular weight is 495 g/mol. The van der Waals surface area contributed by atoms with Gasteiger partial charge in [0.1, 0.15) is 11.5 Å². The van der Waals surface area contributed by atoms with Gasteiger partial charge in [-0.25, -0.2) is 9.37 Å². The van der Waals surface area contributed by atoms with Crippen molar-refractivity contribution < 1.29 is 9.18 Å².